The van der Waals surface area contributed by atoms with Gasteiger partial charge in [0.05, 0.1) is 0 Å². The van der Waals surface area contributed by atoms with Crippen molar-refractivity contribution in [2.45, 2.75) is 103 Å². The molecule has 108 valence electrons. The molecule has 16 heavy (non-hydrogen) atoms. The zero-order chi connectivity index (χ0) is 15.0. The summed E-state index contributed by atoms with van der Waals surface area (Å²) in [4.78, 5) is 0. The summed E-state index contributed by atoms with van der Waals surface area (Å²) in [7, 11) is 0. The summed E-state index contributed by atoms with van der Waals surface area (Å²) in [6.07, 6.45) is 2.64. The lowest BCUT2D eigenvalue weighted by Gasteiger charge is -1.79. The van der Waals surface area contributed by atoms with Crippen molar-refractivity contribution >= 4 is 0 Å². The van der Waals surface area contributed by atoms with Crippen molar-refractivity contribution in [1.82, 2.24) is 0 Å². The maximum Gasteiger partial charge on any atom is -0.0500 e. The van der Waals surface area contributed by atoms with Crippen LogP contribution in [0.15, 0.2) is 0 Å². The molecule has 0 saturated carbocycles. The Bertz CT molecular complexity index is 16.5. The Morgan fingerprint density at radius 2 is 0.562 bits per heavy atom. The SMILES string of the molecule is CC.CC.CC.CC.CC(C)C.CCCC. The van der Waals surface area contributed by atoms with Crippen molar-refractivity contribution < 1.29 is 0 Å². The van der Waals surface area contributed by atoms with E-state index in [-0.39, 0.29) is 0 Å². The van der Waals surface area contributed by atoms with Gasteiger partial charge in [0.1, 0.15) is 0 Å². The molecule has 0 saturated heterocycles. The summed E-state index contributed by atoms with van der Waals surface area (Å²) in [6.45, 7) is 26.9. The van der Waals surface area contributed by atoms with Crippen LogP contribution < -0.4 is 0 Å². The van der Waals surface area contributed by atoms with Crippen molar-refractivity contribution in [2.24, 2.45) is 5.92 Å². The van der Waals surface area contributed by atoms with Crippen LogP contribution in [-0.4, -0.2) is 0 Å². The Labute approximate surface area is 109 Å². The maximum absolute atomic E-state index is 2.18. The molecule has 0 amide bonds. The van der Waals surface area contributed by atoms with Crippen molar-refractivity contribution in [2.75, 3.05) is 0 Å². The van der Waals surface area contributed by atoms with Gasteiger partial charge in [0.25, 0.3) is 0 Å². The molecule has 0 aliphatic rings. The minimum absolute atomic E-state index is 0.833. The molecule has 0 N–H and O–H groups in total. The van der Waals surface area contributed by atoms with Crippen LogP contribution in [0.3, 0.4) is 0 Å². The smallest absolute Gasteiger partial charge is 0.0500 e. The van der Waals surface area contributed by atoms with Gasteiger partial charge in [-0.05, 0) is 5.92 Å². The molecule has 0 aromatic carbocycles. The highest BCUT2D eigenvalue weighted by molar-refractivity contribution is 4.20. The number of rotatable bonds is 1. The zero-order valence-electron chi connectivity index (χ0n) is 15.0. The predicted molar refractivity (Wildman–Crippen MR) is 86.5 cm³/mol. The lowest BCUT2D eigenvalue weighted by Crippen LogP contribution is -1.66. The first kappa shape index (κ1) is 36.0. The second-order valence-electron chi connectivity index (χ2n) is 2.73. The van der Waals surface area contributed by atoms with Crippen LogP contribution in [0.5, 0.6) is 0 Å². The third kappa shape index (κ3) is 2370. The fourth-order valence-corrected chi connectivity index (χ4v) is 0. The van der Waals surface area contributed by atoms with E-state index in [9.17, 15) is 0 Å². The van der Waals surface area contributed by atoms with Gasteiger partial charge in [0.2, 0.25) is 0 Å². The standard InChI is InChI=1S/2C4H10.4C2H6/c1-4(2)3;1-3-4-2;4*1-2/h4H,1-3H3;3-4H2,1-2H3;4*1-2H3. The van der Waals surface area contributed by atoms with E-state index in [2.05, 4.69) is 34.6 Å². The normalized spacial score (nSPS) is 5.62. The van der Waals surface area contributed by atoms with Crippen molar-refractivity contribution in [3.8, 4) is 0 Å². The molecule has 0 aromatic heterocycles. The van der Waals surface area contributed by atoms with Crippen molar-refractivity contribution in [1.29, 1.82) is 0 Å². The third-order valence-electron chi connectivity index (χ3n) is 0.500. The molecule has 0 bridgehead atoms. The van der Waals surface area contributed by atoms with E-state index in [1.165, 1.54) is 12.8 Å². The van der Waals surface area contributed by atoms with Crippen LogP contribution in [0, 0.1) is 5.92 Å². The summed E-state index contributed by atoms with van der Waals surface area (Å²) in [5.74, 6) is 0.833. The van der Waals surface area contributed by atoms with Gasteiger partial charge in [-0.1, -0.05) is 103 Å². The highest BCUT2D eigenvalue weighted by Gasteiger charge is 1.68. The Morgan fingerprint density at radius 1 is 0.500 bits per heavy atom. The lowest BCUT2D eigenvalue weighted by atomic mass is 10.3. The van der Waals surface area contributed by atoms with Crippen molar-refractivity contribution in [3.05, 3.63) is 0 Å². The summed E-state index contributed by atoms with van der Waals surface area (Å²) >= 11 is 0. The molecular weight excluding hydrogens is 192 g/mol. The van der Waals surface area contributed by atoms with E-state index in [1.54, 1.807) is 0 Å². The molecule has 0 fully saturated rings. The molecule has 0 aliphatic carbocycles. The van der Waals surface area contributed by atoms with E-state index in [0.717, 1.165) is 5.92 Å². The molecule has 0 heterocycles. The van der Waals surface area contributed by atoms with Gasteiger partial charge in [0.15, 0.2) is 0 Å². The number of unbranched alkanes of at least 4 members (excludes halogenated alkanes) is 1. The molecule has 0 spiro atoms. The average Bonchev–Trinajstić information content (AvgIpc) is 2.38. The van der Waals surface area contributed by atoms with Gasteiger partial charge in [-0.15, -0.1) is 0 Å². The predicted octanol–water partition coefficient (Wildman–Crippen LogP) is 7.57. The molecule has 0 aromatic rings. The summed E-state index contributed by atoms with van der Waals surface area (Å²) in [5.41, 5.74) is 0. The molecule has 0 atom stereocenters. The van der Waals surface area contributed by atoms with Crippen molar-refractivity contribution in [3.63, 3.8) is 0 Å². The van der Waals surface area contributed by atoms with Gasteiger partial charge in [-0.25, -0.2) is 0 Å². The first-order valence-electron chi connectivity index (χ1n) is 7.65. The van der Waals surface area contributed by atoms with Crippen LogP contribution in [0.25, 0.3) is 0 Å². The minimum Gasteiger partial charge on any atom is -0.0683 e. The van der Waals surface area contributed by atoms with Gasteiger partial charge in [0, 0.05) is 0 Å². The topological polar surface area (TPSA) is 0 Å². The molecule has 0 rings (SSSR count). The van der Waals surface area contributed by atoms with E-state index in [4.69, 9.17) is 0 Å². The molecule has 0 aliphatic heterocycles. The van der Waals surface area contributed by atoms with Crippen LogP contribution in [0.1, 0.15) is 103 Å². The largest absolute Gasteiger partial charge is 0.0683 e. The van der Waals surface area contributed by atoms with Gasteiger partial charge < -0.3 is 0 Å². The minimum atomic E-state index is 0.833. The molecular formula is C16H44. The first-order chi connectivity index (χ1) is 7.65. The number of hydrogen-bond donors (Lipinski definition) is 0. The van der Waals surface area contributed by atoms with Crippen LogP contribution in [-0.2, 0) is 0 Å². The average molecular weight is 237 g/mol. The third-order valence-corrected chi connectivity index (χ3v) is 0.500. The Balaban J connectivity index is -0.0000000196. The second-order valence-corrected chi connectivity index (χ2v) is 2.73. The zero-order valence-corrected chi connectivity index (χ0v) is 15.0. The highest BCUT2D eigenvalue weighted by atomic mass is 13.7. The lowest BCUT2D eigenvalue weighted by molar-refractivity contribution is 0.737. The first-order valence-corrected chi connectivity index (χ1v) is 7.65. The van der Waals surface area contributed by atoms with E-state index in [0.29, 0.717) is 0 Å². The Kier molecular flexibility index (Phi) is 265. The fraction of sp³-hybridized carbons (Fsp3) is 1.00. The molecule has 0 heteroatoms. The second kappa shape index (κ2) is 118. The summed E-state index contributed by atoms with van der Waals surface area (Å²) in [5, 5.41) is 0. The van der Waals surface area contributed by atoms with Crippen LogP contribution >= 0.6 is 0 Å². The van der Waals surface area contributed by atoms with Crippen LogP contribution in [0.2, 0.25) is 0 Å². The van der Waals surface area contributed by atoms with E-state index >= 15 is 0 Å². The van der Waals surface area contributed by atoms with Gasteiger partial charge in [-0.3, -0.25) is 0 Å². The summed E-state index contributed by atoms with van der Waals surface area (Å²) in [6, 6.07) is 0. The van der Waals surface area contributed by atoms with Gasteiger partial charge >= 0.3 is 0 Å². The summed E-state index contributed by atoms with van der Waals surface area (Å²) < 4.78 is 0. The maximum atomic E-state index is 2.18. The van der Waals surface area contributed by atoms with Crippen LogP contribution in [0.4, 0.5) is 0 Å². The molecule has 0 unspecified atom stereocenters. The number of hydrogen-bond acceptors (Lipinski definition) is 0. The molecule has 0 radical (unpaired) electrons. The quantitative estimate of drug-likeness (QED) is 0.440. The molecule has 0 nitrogen and oxygen atoms in total. The Morgan fingerprint density at radius 3 is 0.562 bits per heavy atom. The monoisotopic (exact) mass is 236 g/mol. The van der Waals surface area contributed by atoms with Gasteiger partial charge in [-0.2, -0.15) is 0 Å². The Hall–Kier alpha value is 0. The van der Waals surface area contributed by atoms with E-state index < -0.39 is 0 Å². The fourth-order valence-electron chi connectivity index (χ4n) is 0. The highest BCUT2D eigenvalue weighted by Crippen LogP contribution is 1.81. The van der Waals surface area contributed by atoms with E-state index in [1.807, 2.05) is 55.4 Å².